The third kappa shape index (κ3) is 3.60. The van der Waals surface area contributed by atoms with E-state index in [-0.39, 0.29) is 0 Å². The molecule has 1 saturated heterocycles. The number of aryl methyl sites for hydroxylation is 1. The summed E-state index contributed by atoms with van der Waals surface area (Å²) in [4.78, 5) is 5.04. The Kier molecular flexibility index (Phi) is 4.55. The van der Waals surface area contributed by atoms with Gasteiger partial charge < -0.3 is 4.52 Å². The van der Waals surface area contributed by atoms with Gasteiger partial charge in [-0.05, 0) is 36.2 Å². The van der Waals surface area contributed by atoms with Crippen molar-refractivity contribution in [1.29, 1.82) is 0 Å². The Bertz CT molecular complexity index is 849. The van der Waals surface area contributed by atoms with Crippen molar-refractivity contribution in [2.45, 2.75) is 26.4 Å². The minimum Gasteiger partial charge on any atom is -0.361 e. The molecule has 1 aromatic heterocycles. The van der Waals surface area contributed by atoms with Crippen molar-refractivity contribution in [3.8, 4) is 0 Å². The zero-order chi connectivity index (χ0) is 17.2. The van der Waals surface area contributed by atoms with Gasteiger partial charge in [0, 0.05) is 44.8 Å². The second kappa shape index (κ2) is 6.98. The van der Waals surface area contributed by atoms with E-state index in [1.165, 1.54) is 16.3 Å². The summed E-state index contributed by atoms with van der Waals surface area (Å²) in [6.07, 6.45) is 0. The van der Waals surface area contributed by atoms with Gasteiger partial charge in [0.2, 0.25) is 0 Å². The average Bonchev–Trinajstić information content (AvgIpc) is 3.06. The Morgan fingerprint density at radius 2 is 1.76 bits per heavy atom. The average molecular weight is 335 g/mol. The van der Waals surface area contributed by atoms with E-state index in [1.54, 1.807) is 0 Å². The molecule has 4 rings (SSSR count). The number of aromatic nitrogens is 1. The van der Waals surface area contributed by atoms with Crippen LogP contribution in [0.15, 0.2) is 53.1 Å². The lowest BCUT2D eigenvalue weighted by Gasteiger charge is -2.38. The van der Waals surface area contributed by atoms with Crippen molar-refractivity contribution in [3.63, 3.8) is 0 Å². The smallest absolute Gasteiger partial charge is 0.133 e. The van der Waals surface area contributed by atoms with E-state index < -0.39 is 0 Å². The molecule has 1 atom stereocenters. The molecule has 0 aliphatic carbocycles. The van der Waals surface area contributed by atoms with Crippen LogP contribution in [0.3, 0.4) is 0 Å². The summed E-state index contributed by atoms with van der Waals surface area (Å²) in [5.41, 5.74) is 2.44. The first-order valence-electron chi connectivity index (χ1n) is 9.06. The molecule has 130 valence electrons. The highest BCUT2D eigenvalue weighted by Gasteiger charge is 2.22. The molecule has 1 aliphatic heterocycles. The third-order valence-corrected chi connectivity index (χ3v) is 5.27. The summed E-state index contributed by atoms with van der Waals surface area (Å²) in [6.45, 7) is 9.47. The SMILES string of the molecule is Cc1cc(CN2CCN([C@H](C)c3ccc4ccccc4c3)CC2)no1. The number of hydrogen-bond donors (Lipinski definition) is 0. The fourth-order valence-electron chi connectivity index (χ4n) is 3.71. The molecule has 0 amide bonds. The molecule has 2 heterocycles. The molecule has 4 heteroatoms. The number of nitrogens with zero attached hydrogens (tertiary/aromatic N) is 3. The van der Waals surface area contributed by atoms with Gasteiger partial charge in [0.15, 0.2) is 0 Å². The van der Waals surface area contributed by atoms with Crippen LogP contribution in [0.4, 0.5) is 0 Å². The van der Waals surface area contributed by atoms with Crippen molar-refractivity contribution >= 4 is 10.8 Å². The van der Waals surface area contributed by atoms with Gasteiger partial charge in [0.05, 0.1) is 5.69 Å². The molecule has 1 fully saturated rings. The molecule has 0 N–H and O–H groups in total. The Morgan fingerprint density at radius 3 is 2.48 bits per heavy atom. The molecule has 0 unspecified atom stereocenters. The minimum absolute atomic E-state index is 0.445. The Labute approximate surface area is 149 Å². The molecule has 1 aliphatic rings. The normalized spacial score (nSPS) is 17.8. The van der Waals surface area contributed by atoms with Crippen LogP contribution in [0.5, 0.6) is 0 Å². The monoisotopic (exact) mass is 335 g/mol. The molecule has 0 radical (unpaired) electrons. The highest BCUT2D eigenvalue weighted by molar-refractivity contribution is 5.83. The summed E-state index contributed by atoms with van der Waals surface area (Å²) in [6, 6.07) is 17.9. The van der Waals surface area contributed by atoms with E-state index in [0.717, 1.165) is 44.2 Å². The lowest BCUT2D eigenvalue weighted by molar-refractivity contribution is 0.0964. The quantitative estimate of drug-likeness (QED) is 0.721. The van der Waals surface area contributed by atoms with Gasteiger partial charge in [-0.3, -0.25) is 9.80 Å². The fourth-order valence-corrected chi connectivity index (χ4v) is 3.71. The number of benzene rings is 2. The minimum atomic E-state index is 0.445. The van der Waals surface area contributed by atoms with Crippen LogP contribution in [0.1, 0.15) is 30.0 Å². The molecule has 2 aromatic carbocycles. The lowest BCUT2D eigenvalue weighted by atomic mass is 10.0. The van der Waals surface area contributed by atoms with E-state index in [4.69, 9.17) is 4.52 Å². The summed E-state index contributed by atoms with van der Waals surface area (Å²) in [5, 5.41) is 6.75. The van der Waals surface area contributed by atoms with Crippen LogP contribution in [-0.4, -0.2) is 41.1 Å². The first-order valence-corrected chi connectivity index (χ1v) is 9.06. The van der Waals surface area contributed by atoms with Crippen molar-refractivity contribution in [3.05, 3.63) is 65.5 Å². The second-order valence-electron chi connectivity index (χ2n) is 7.02. The molecule has 0 spiro atoms. The van der Waals surface area contributed by atoms with E-state index in [9.17, 15) is 0 Å². The zero-order valence-electron chi connectivity index (χ0n) is 15.0. The van der Waals surface area contributed by atoms with Crippen LogP contribution < -0.4 is 0 Å². The van der Waals surface area contributed by atoms with Crippen molar-refractivity contribution in [2.75, 3.05) is 26.2 Å². The lowest BCUT2D eigenvalue weighted by Crippen LogP contribution is -2.46. The van der Waals surface area contributed by atoms with E-state index in [2.05, 4.69) is 64.3 Å². The van der Waals surface area contributed by atoms with E-state index in [1.807, 2.05) is 13.0 Å². The van der Waals surface area contributed by atoms with Gasteiger partial charge in [-0.1, -0.05) is 41.6 Å². The van der Waals surface area contributed by atoms with Crippen LogP contribution in [0.2, 0.25) is 0 Å². The van der Waals surface area contributed by atoms with Gasteiger partial charge in [-0.15, -0.1) is 0 Å². The van der Waals surface area contributed by atoms with Crippen LogP contribution >= 0.6 is 0 Å². The van der Waals surface area contributed by atoms with Gasteiger partial charge in [0.1, 0.15) is 5.76 Å². The highest BCUT2D eigenvalue weighted by Crippen LogP contribution is 2.25. The van der Waals surface area contributed by atoms with Gasteiger partial charge in [-0.2, -0.15) is 0 Å². The summed E-state index contributed by atoms with van der Waals surface area (Å²) in [7, 11) is 0. The first kappa shape index (κ1) is 16.3. The number of hydrogen-bond acceptors (Lipinski definition) is 4. The predicted octanol–water partition coefficient (Wildman–Crippen LogP) is 4.02. The van der Waals surface area contributed by atoms with Crippen molar-refractivity contribution in [2.24, 2.45) is 0 Å². The molecule has 4 nitrogen and oxygen atoms in total. The molecular weight excluding hydrogens is 310 g/mol. The second-order valence-corrected chi connectivity index (χ2v) is 7.02. The summed E-state index contributed by atoms with van der Waals surface area (Å²) < 4.78 is 5.17. The van der Waals surface area contributed by atoms with Crippen molar-refractivity contribution < 1.29 is 4.52 Å². The molecule has 0 bridgehead atoms. The Balaban J connectivity index is 1.39. The Morgan fingerprint density at radius 1 is 1.00 bits per heavy atom. The molecule has 25 heavy (non-hydrogen) atoms. The number of piperazine rings is 1. The highest BCUT2D eigenvalue weighted by atomic mass is 16.5. The molecule has 0 saturated carbocycles. The Hall–Kier alpha value is -2.17. The summed E-state index contributed by atoms with van der Waals surface area (Å²) >= 11 is 0. The number of rotatable bonds is 4. The maximum Gasteiger partial charge on any atom is 0.133 e. The fraction of sp³-hybridized carbons (Fsp3) is 0.381. The predicted molar refractivity (Wildman–Crippen MR) is 100 cm³/mol. The van der Waals surface area contributed by atoms with Gasteiger partial charge in [0.25, 0.3) is 0 Å². The standard InChI is InChI=1S/C21H25N3O/c1-16-13-21(22-25-16)15-23-9-11-24(12-10-23)17(2)19-8-7-18-5-3-4-6-20(18)14-19/h3-8,13-14,17H,9-12,15H2,1-2H3/t17-/m1/s1. The third-order valence-electron chi connectivity index (χ3n) is 5.27. The van der Waals surface area contributed by atoms with Gasteiger partial charge in [-0.25, -0.2) is 0 Å². The maximum atomic E-state index is 5.17. The first-order chi connectivity index (χ1) is 12.2. The molecular formula is C21H25N3O. The van der Waals surface area contributed by atoms with E-state index >= 15 is 0 Å². The number of fused-ring (bicyclic) bond motifs is 1. The van der Waals surface area contributed by atoms with Crippen molar-refractivity contribution in [1.82, 2.24) is 15.0 Å². The topological polar surface area (TPSA) is 32.5 Å². The summed E-state index contributed by atoms with van der Waals surface area (Å²) in [5.74, 6) is 0.888. The van der Waals surface area contributed by atoms with Gasteiger partial charge >= 0.3 is 0 Å². The molecule has 3 aromatic rings. The van der Waals surface area contributed by atoms with Crippen LogP contribution in [-0.2, 0) is 6.54 Å². The van der Waals surface area contributed by atoms with E-state index in [0.29, 0.717) is 6.04 Å². The van der Waals surface area contributed by atoms with Crippen LogP contribution in [0.25, 0.3) is 10.8 Å². The zero-order valence-corrected chi connectivity index (χ0v) is 15.0. The van der Waals surface area contributed by atoms with Crippen LogP contribution in [0, 0.1) is 6.92 Å². The largest absolute Gasteiger partial charge is 0.361 e. The maximum absolute atomic E-state index is 5.17.